The van der Waals surface area contributed by atoms with E-state index in [1.165, 1.54) is 22.3 Å². The van der Waals surface area contributed by atoms with Crippen molar-refractivity contribution in [3.05, 3.63) is 76.6 Å². The van der Waals surface area contributed by atoms with Crippen LogP contribution in [0.4, 0.5) is 0 Å². The fourth-order valence-corrected chi connectivity index (χ4v) is 4.99. The van der Waals surface area contributed by atoms with Crippen molar-refractivity contribution in [2.75, 3.05) is 6.54 Å². The summed E-state index contributed by atoms with van der Waals surface area (Å²) < 4.78 is 0. The fraction of sp³-hybridized carbons (Fsp3) is 0.346. The van der Waals surface area contributed by atoms with Crippen molar-refractivity contribution in [1.82, 2.24) is 10.3 Å². The first-order valence-corrected chi connectivity index (χ1v) is 10.7. The molecule has 1 amide bonds. The highest BCUT2D eigenvalue weighted by atomic mass is 16.2. The standard InChI is InChI=1S/C26H28N2O2/c1-16-12-17(2)24(18(3)13-16)22-14-19(15-23(22)29)8-10-28-26(30)25-21-7-5-4-6-20(21)9-11-27-25/h4-7,9,11-13,19,22H,8,10,14-15H2,1-3H3,(H,28,30). The van der Waals surface area contributed by atoms with Gasteiger partial charge in [-0.15, -0.1) is 0 Å². The van der Waals surface area contributed by atoms with Crippen molar-refractivity contribution in [2.24, 2.45) is 5.92 Å². The normalized spacial score (nSPS) is 18.7. The summed E-state index contributed by atoms with van der Waals surface area (Å²) in [6.45, 7) is 6.86. The van der Waals surface area contributed by atoms with Crippen LogP contribution in [0.3, 0.4) is 0 Å². The molecule has 0 saturated heterocycles. The van der Waals surface area contributed by atoms with Gasteiger partial charge in [-0.25, -0.2) is 0 Å². The molecule has 1 heterocycles. The van der Waals surface area contributed by atoms with Crippen molar-refractivity contribution < 1.29 is 9.59 Å². The molecule has 4 nitrogen and oxygen atoms in total. The molecule has 2 atom stereocenters. The molecule has 2 unspecified atom stereocenters. The number of aromatic nitrogens is 1. The van der Waals surface area contributed by atoms with E-state index < -0.39 is 0 Å². The number of fused-ring (bicyclic) bond motifs is 1. The topological polar surface area (TPSA) is 59.1 Å². The zero-order chi connectivity index (χ0) is 21.3. The van der Waals surface area contributed by atoms with E-state index in [1.807, 2.05) is 30.3 Å². The predicted octanol–water partition coefficient (Wildman–Crippen LogP) is 5.04. The fourth-order valence-electron chi connectivity index (χ4n) is 4.99. The molecule has 4 heteroatoms. The van der Waals surface area contributed by atoms with Crippen LogP contribution >= 0.6 is 0 Å². The molecule has 1 aliphatic carbocycles. The number of hydrogen-bond acceptors (Lipinski definition) is 3. The lowest BCUT2D eigenvalue weighted by atomic mass is 9.87. The number of hydrogen-bond donors (Lipinski definition) is 1. The Hall–Kier alpha value is -3.01. The Morgan fingerprint density at radius 3 is 2.60 bits per heavy atom. The second-order valence-corrected chi connectivity index (χ2v) is 8.56. The highest BCUT2D eigenvalue weighted by molar-refractivity contribution is 6.05. The average Bonchev–Trinajstić information content (AvgIpc) is 3.06. The maximum Gasteiger partial charge on any atom is 0.270 e. The van der Waals surface area contributed by atoms with Crippen molar-refractivity contribution in [3.8, 4) is 0 Å². The number of Topliss-reactive ketones (excluding diaryl/α,β-unsaturated/α-hetero) is 1. The van der Waals surface area contributed by atoms with Gasteiger partial charge >= 0.3 is 0 Å². The molecule has 1 N–H and O–H groups in total. The Bertz CT molecular complexity index is 1090. The highest BCUT2D eigenvalue weighted by Gasteiger charge is 2.34. The molecule has 0 radical (unpaired) electrons. The van der Waals surface area contributed by atoms with Crippen LogP contribution in [0.5, 0.6) is 0 Å². The number of nitrogens with zero attached hydrogens (tertiary/aromatic N) is 1. The minimum absolute atomic E-state index is 0.00830. The first kappa shape index (κ1) is 20.3. The van der Waals surface area contributed by atoms with Crippen LogP contribution in [0.15, 0.2) is 48.7 Å². The van der Waals surface area contributed by atoms with Crippen molar-refractivity contribution in [1.29, 1.82) is 0 Å². The summed E-state index contributed by atoms with van der Waals surface area (Å²) in [6, 6.07) is 14.0. The van der Waals surface area contributed by atoms with Crippen molar-refractivity contribution in [3.63, 3.8) is 0 Å². The number of amides is 1. The number of benzene rings is 2. The third-order valence-corrected chi connectivity index (χ3v) is 6.26. The average molecular weight is 401 g/mol. The van der Waals surface area contributed by atoms with Gasteiger partial charge in [0.1, 0.15) is 11.5 Å². The summed E-state index contributed by atoms with van der Waals surface area (Å²) in [5.74, 6) is 0.476. The van der Waals surface area contributed by atoms with E-state index >= 15 is 0 Å². The van der Waals surface area contributed by atoms with Gasteiger partial charge in [0.2, 0.25) is 0 Å². The second-order valence-electron chi connectivity index (χ2n) is 8.56. The van der Waals surface area contributed by atoms with E-state index in [4.69, 9.17) is 0 Å². The first-order chi connectivity index (χ1) is 14.4. The number of rotatable bonds is 5. The molecular weight excluding hydrogens is 372 g/mol. The number of aryl methyl sites for hydroxylation is 3. The highest BCUT2D eigenvalue weighted by Crippen LogP contribution is 2.39. The maximum atomic E-state index is 12.7. The quantitative estimate of drug-likeness (QED) is 0.652. The lowest BCUT2D eigenvalue weighted by molar-refractivity contribution is -0.118. The third-order valence-electron chi connectivity index (χ3n) is 6.26. The number of pyridine rings is 1. The van der Waals surface area contributed by atoms with Crippen molar-refractivity contribution >= 4 is 22.5 Å². The maximum absolute atomic E-state index is 12.7. The van der Waals surface area contributed by atoms with Gasteiger partial charge in [0.25, 0.3) is 5.91 Å². The molecule has 0 aliphatic heterocycles. The largest absolute Gasteiger partial charge is 0.351 e. The number of carbonyl (C=O) groups is 2. The molecule has 2 aromatic carbocycles. The van der Waals surface area contributed by atoms with Gasteiger partial charge in [-0.05, 0) is 67.7 Å². The van der Waals surface area contributed by atoms with Crippen LogP contribution in [-0.2, 0) is 4.79 Å². The van der Waals surface area contributed by atoms with Gasteiger partial charge in [0.05, 0.1) is 0 Å². The summed E-state index contributed by atoms with van der Waals surface area (Å²) in [7, 11) is 0. The van der Waals surface area contributed by atoms with E-state index in [-0.39, 0.29) is 11.8 Å². The smallest absolute Gasteiger partial charge is 0.270 e. The molecule has 1 aromatic heterocycles. The molecule has 4 rings (SSSR count). The zero-order valence-electron chi connectivity index (χ0n) is 17.9. The summed E-state index contributed by atoms with van der Waals surface area (Å²) >= 11 is 0. The number of nitrogens with one attached hydrogen (secondary N) is 1. The lowest BCUT2D eigenvalue weighted by Gasteiger charge is -2.17. The first-order valence-electron chi connectivity index (χ1n) is 10.7. The van der Waals surface area contributed by atoms with Crippen LogP contribution in [-0.4, -0.2) is 23.2 Å². The van der Waals surface area contributed by atoms with E-state index in [0.29, 0.717) is 30.4 Å². The second kappa shape index (κ2) is 8.39. The van der Waals surface area contributed by atoms with Gasteiger partial charge in [0.15, 0.2) is 0 Å². The third kappa shape index (κ3) is 4.00. The van der Waals surface area contributed by atoms with Crippen LogP contribution in [0.2, 0.25) is 0 Å². The SMILES string of the molecule is Cc1cc(C)c(C2CC(CCNC(=O)c3nccc4ccccc34)CC2=O)c(C)c1. The molecule has 154 valence electrons. The van der Waals surface area contributed by atoms with Crippen molar-refractivity contribution in [2.45, 2.75) is 46.0 Å². The Balaban J connectivity index is 1.38. The van der Waals surface area contributed by atoms with E-state index in [0.717, 1.165) is 23.6 Å². The van der Waals surface area contributed by atoms with E-state index in [2.05, 4.69) is 43.2 Å². The molecule has 0 spiro atoms. The molecule has 1 aliphatic rings. The minimum atomic E-state index is -0.155. The molecule has 1 saturated carbocycles. The Labute approximate surface area is 177 Å². The number of carbonyl (C=O) groups excluding carboxylic acids is 2. The summed E-state index contributed by atoms with van der Waals surface area (Å²) in [5, 5.41) is 4.87. The number of ketones is 1. The molecular formula is C26H28N2O2. The van der Waals surface area contributed by atoms with E-state index in [1.54, 1.807) is 6.20 Å². The van der Waals surface area contributed by atoms with Gasteiger partial charge in [-0.2, -0.15) is 0 Å². The van der Waals surface area contributed by atoms with Crippen LogP contribution in [0.25, 0.3) is 10.8 Å². The van der Waals surface area contributed by atoms with Crippen LogP contribution in [0, 0.1) is 26.7 Å². The van der Waals surface area contributed by atoms with Crippen LogP contribution < -0.4 is 5.32 Å². The van der Waals surface area contributed by atoms with E-state index in [9.17, 15) is 9.59 Å². The minimum Gasteiger partial charge on any atom is -0.351 e. The Morgan fingerprint density at radius 1 is 1.10 bits per heavy atom. The van der Waals surface area contributed by atoms with Gasteiger partial charge in [-0.3, -0.25) is 14.6 Å². The van der Waals surface area contributed by atoms with Gasteiger partial charge in [0, 0.05) is 30.5 Å². The molecule has 3 aromatic rings. The predicted molar refractivity (Wildman–Crippen MR) is 120 cm³/mol. The van der Waals surface area contributed by atoms with Crippen LogP contribution in [0.1, 0.15) is 57.9 Å². The van der Waals surface area contributed by atoms with Gasteiger partial charge in [-0.1, -0.05) is 42.0 Å². The Kier molecular flexibility index (Phi) is 5.67. The molecule has 0 bridgehead atoms. The Morgan fingerprint density at radius 2 is 1.83 bits per heavy atom. The monoisotopic (exact) mass is 400 g/mol. The van der Waals surface area contributed by atoms with Gasteiger partial charge < -0.3 is 5.32 Å². The summed E-state index contributed by atoms with van der Waals surface area (Å²) in [6.07, 6.45) is 3.94. The summed E-state index contributed by atoms with van der Waals surface area (Å²) in [5.41, 5.74) is 5.32. The lowest BCUT2D eigenvalue weighted by Crippen LogP contribution is -2.26. The molecule has 30 heavy (non-hydrogen) atoms. The molecule has 1 fully saturated rings. The zero-order valence-corrected chi connectivity index (χ0v) is 17.9. The summed E-state index contributed by atoms with van der Waals surface area (Å²) in [4.78, 5) is 29.7.